The number of carbonyl (C=O) groups excluding carboxylic acids is 1. The fourth-order valence-electron chi connectivity index (χ4n) is 3.26. The van der Waals surface area contributed by atoms with Crippen LogP contribution >= 0.6 is 11.6 Å². The number of halogens is 1. The third kappa shape index (κ3) is 5.41. The Hall–Kier alpha value is -2.74. The quantitative estimate of drug-likeness (QED) is 0.670. The second-order valence-electron chi connectivity index (χ2n) is 7.00. The number of rotatable bonds is 6. The van der Waals surface area contributed by atoms with Gasteiger partial charge in [0.05, 0.1) is 6.54 Å². The number of nitrogens with one attached hydrogen (secondary N) is 1. The van der Waals surface area contributed by atoms with E-state index >= 15 is 0 Å². The zero-order valence-electron chi connectivity index (χ0n) is 15.9. The predicted molar refractivity (Wildman–Crippen MR) is 111 cm³/mol. The van der Waals surface area contributed by atoms with E-state index < -0.39 is 0 Å². The fourth-order valence-corrected chi connectivity index (χ4v) is 3.39. The minimum Gasteiger partial charge on any atom is -0.447 e. The van der Waals surface area contributed by atoms with Crippen LogP contribution in [0.1, 0.15) is 21.9 Å². The number of hydrogen-bond donors (Lipinski definition) is 1. The van der Waals surface area contributed by atoms with E-state index in [0.717, 1.165) is 32.7 Å². The average Bonchev–Trinajstić information content (AvgIpc) is 3.21. The van der Waals surface area contributed by atoms with Gasteiger partial charge in [0.15, 0.2) is 5.69 Å². The summed E-state index contributed by atoms with van der Waals surface area (Å²) >= 11 is 5.86. The summed E-state index contributed by atoms with van der Waals surface area (Å²) in [6.45, 7) is 5.30. The topological polar surface area (TPSA) is 74.5 Å². The first-order chi connectivity index (χ1) is 14.2. The maximum absolute atomic E-state index is 12.3. The number of carbonyl (C=O) groups is 1. The van der Waals surface area contributed by atoms with Gasteiger partial charge in [-0.2, -0.15) is 0 Å². The van der Waals surface area contributed by atoms with Crippen LogP contribution in [-0.2, 0) is 13.1 Å². The summed E-state index contributed by atoms with van der Waals surface area (Å²) in [5.41, 5.74) is 2.16. The zero-order valence-corrected chi connectivity index (χ0v) is 16.7. The number of anilines is 1. The lowest BCUT2D eigenvalue weighted by Gasteiger charge is -2.33. The lowest BCUT2D eigenvalue weighted by molar-refractivity contribution is 0.102. The largest absolute Gasteiger partial charge is 0.447 e. The number of pyridine rings is 1. The monoisotopic (exact) mass is 411 g/mol. The van der Waals surface area contributed by atoms with Gasteiger partial charge in [-0.1, -0.05) is 17.7 Å². The summed E-state index contributed by atoms with van der Waals surface area (Å²) in [6, 6.07) is 11.0. The molecule has 1 aromatic carbocycles. The molecular weight excluding hydrogens is 390 g/mol. The summed E-state index contributed by atoms with van der Waals surface area (Å²) in [7, 11) is 0. The molecular formula is C21H22ClN5O2. The smallest absolute Gasteiger partial charge is 0.277 e. The molecule has 0 unspecified atom stereocenters. The van der Waals surface area contributed by atoms with Gasteiger partial charge in [-0.3, -0.25) is 19.6 Å². The molecule has 0 atom stereocenters. The van der Waals surface area contributed by atoms with Crippen LogP contribution in [0.5, 0.6) is 0 Å². The molecule has 0 aliphatic carbocycles. The van der Waals surface area contributed by atoms with Crippen LogP contribution in [0, 0.1) is 0 Å². The van der Waals surface area contributed by atoms with Crippen molar-refractivity contribution >= 4 is 23.2 Å². The van der Waals surface area contributed by atoms with Gasteiger partial charge in [0, 0.05) is 55.8 Å². The number of oxazole rings is 1. The highest BCUT2D eigenvalue weighted by Crippen LogP contribution is 2.15. The van der Waals surface area contributed by atoms with E-state index in [4.69, 9.17) is 16.0 Å². The Labute approximate surface area is 174 Å². The van der Waals surface area contributed by atoms with Crippen LogP contribution in [0.2, 0.25) is 5.02 Å². The second-order valence-corrected chi connectivity index (χ2v) is 7.44. The Morgan fingerprint density at radius 1 is 1.07 bits per heavy atom. The third-order valence-electron chi connectivity index (χ3n) is 4.84. The summed E-state index contributed by atoms with van der Waals surface area (Å²) in [5, 5.41) is 3.40. The Balaban J connectivity index is 1.26. The molecule has 1 aliphatic rings. The molecule has 3 heterocycles. The molecule has 3 aromatic rings. The molecule has 2 aromatic heterocycles. The lowest BCUT2D eigenvalue weighted by atomic mass is 10.2. The highest BCUT2D eigenvalue weighted by Gasteiger charge is 2.20. The summed E-state index contributed by atoms with van der Waals surface area (Å²) in [6.07, 6.45) is 5.11. The van der Waals surface area contributed by atoms with Gasteiger partial charge in [0.25, 0.3) is 5.91 Å². The Morgan fingerprint density at radius 3 is 2.48 bits per heavy atom. The van der Waals surface area contributed by atoms with E-state index in [0.29, 0.717) is 23.1 Å². The van der Waals surface area contributed by atoms with Crippen LogP contribution in [0.25, 0.3) is 0 Å². The molecule has 0 saturated carbocycles. The van der Waals surface area contributed by atoms with Gasteiger partial charge in [-0.05, 0) is 35.9 Å². The fraction of sp³-hybridized carbons (Fsp3) is 0.286. The number of nitrogens with zero attached hydrogens (tertiary/aromatic N) is 4. The van der Waals surface area contributed by atoms with E-state index in [1.807, 2.05) is 12.3 Å². The van der Waals surface area contributed by atoms with Crippen molar-refractivity contribution < 1.29 is 9.21 Å². The van der Waals surface area contributed by atoms with Crippen molar-refractivity contribution in [2.45, 2.75) is 13.1 Å². The van der Waals surface area contributed by atoms with Crippen LogP contribution < -0.4 is 5.32 Å². The van der Waals surface area contributed by atoms with Gasteiger partial charge in [-0.15, -0.1) is 0 Å². The van der Waals surface area contributed by atoms with E-state index in [2.05, 4.69) is 31.2 Å². The van der Waals surface area contributed by atoms with E-state index in [1.54, 1.807) is 30.5 Å². The molecule has 7 nitrogen and oxygen atoms in total. The van der Waals surface area contributed by atoms with Gasteiger partial charge in [-0.25, -0.2) is 4.98 Å². The third-order valence-corrected chi connectivity index (χ3v) is 5.09. The van der Waals surface area contributed by atoms with Crippen molar-refractivity contribution in [2.24, 2.45) is 0 Å². The molecule has 0 radical (unpaired) electrons. The Morgan fingerprint density at radius 2 is 1.79 bits per heavy atom. The maximum Gasteiger partial charge on any atom is 0.277 e. The first-order valence-electron chi connectivity index (χ1n) is 9.51. The lowest BCUT2D eigenvalue weighted by Crippen LogP contribution is -2.45. The number of piperazine rings is 1. The molecule has 29 heavy (non-hydrogen) atoms. The van der Waals surface area contributed by atoms with E-state index in [-0.39, 0.29) is 11.6 Å². The zero-order chi connectivity index (χ0) is 20.1. The second kappa shape index (κ2) is 9.17. The summed E-state index contributed by atoms with van der Waals surface area (Å²) in [5.74, 6) is 0.246. The molecule has 1 saturated heterocycles. The highest BCUT2D eigenvalue weighted by atomic mass is 35.5. The Bertz CT molecular complexity index is 937. The van der Waals surface area contributed by atoms with Crippen LogP contribution in [0.4, 0.5) is 5.69 Å². The maximum atomic E-state index is 12.3. The van der Waals surface area contributed by atoms with Crippen molar-refractivity contribution in [3.63, 3.8) is 0 Å². The van der Waals surface area contributed by atoms with Crippen molar-refractivity contribution in [2.75, 3.05) is 31.5 Å². The van der Waals surface area contributed by atoms with Gasteiger partial charge >= 0.3 is 0 Å². The van der Waals surface area contributed by atoms with Crippen LogP contribution in [0.3, 0.4) is 0 Å². The molecule has 150 valence electrons. The van der Waals surface area contributed by atoms with Gasteiger partial charge in [0.1, 0.15) is 6.26 Å². The predicted octanol–water partition coefficient (Wildman–Crippen LogP) is 3.29. The number of aromatic nitrogens is 2. The molecule has 8 heteroatoms. The summed E-state index contributed by atoms with van der Waals surface area (Å²) < 4.78 is 5.51. The first kappa shape index (κ1) is 19.6. The highest BCUT2D eigenvalue weighted by molar-refractivity contribution is 6.30. The molecule has 1 amide bonds. The molecule has 1 aliphatic heterocycles. The van der Waals surface area contributed by atoms with Gasteiger partial charge in [0.2, 0.25) is 5.89 Å². The normalized spacial score (nSPS) is 15.3. The SMILES string of the molecule is O=C(Nc1ccc(Cl)cc1)c1coc(CN2CCN(Cc3cccnc3)CC2)n1. The molecule has 4 rings (SSSR count). The van der Waals surface area contributed by atoms with Crippen molar-refractivity contribution in [3.8, 4) is 0 Å². The molecule has 0 spiro atoms. The van der Waals surface area contributed by atoms with Crippen LogP contribution in [-0.4, -0.2) is 51.9 Å². The number of hydrogen-bond acceptors (Lipinski definition) is 6. The van der Waals surface area contributed by atoms with Crippen LogP contribution in [0.15, 0.2) is 59.5 Å². The summed E-state index contributed by atoms with van der Waals surface area (Å²) in [4.78, 5) is 25.5. The molecule has 0 bridgehead atoms. The van der Waals surface area contributed by atoms with Crippen molar-refractivity contribution in [3.05, 3.63) is 77.2 Å². The Kier molecular flexibility index (Phi) is 6.19. The van der Waals surface area contributed by atoms with E-state index in [9.17, 15) is 4.79 Å². The average molecular weight is 412 g/mol. The molecule has 1 N–H and O–H groups in total. The number of benzene rings is 1. The molecule has 1 fully saturated rings. The first-order valence-corrected chi connectivity index (χ1v) is 9.88. The standard InChI is InChI=1S/C21H22ClN5O2/c22-17-3-5-18(6-4-17)24-21(28)19-15-29-20(25-19)14-27-10-8-26(9-11-27)13-16-2-1-7-23-12-16/h1-7,12,15H,8-11,13-14H2,(H,24,28). The van der Waals surface area contributed by atoms with Gasteiger partial charge < -0.3 is 9.73 Å². The number of amides is 1. The van der Waals surface area contributed by atoms with E-state index in [1.165, 1.54) is 11.8 Å². The van der Waals surface area contributed by atoms with Crippen molar-refractivity contribution in [1.82, 2.24) is 19.8 Å². The van der Waals surface area contributed by atoms with Crippen molar-refractivity contribution in [1.29, 1.82) is 0 Å². The minimum absolute atomic E-state index is 0.269. The minimum atomic E-state index is -0.302.